The summed E-state index contributed by atoms with van der Waals surface area (Å²) in [5.41, 5.74) is 1.57. The van der Waals surface area contributed by atoms with Crippen LogP contribution in [0.3, 0.4) is 0 Å². The second-order valence-electron chi connectivity index (χ2n) is 5.66. The van der Waals surface area contributed by atoms with Crippen molar-refractivity contribution in [3.63, 3.8) is 0 Å². The van der Waals surface area contributed by atoms with Crippen LogP contribution in [-0.2, 0) is 6.54 Å². The van der Waals surface area contributed by atoms with Gasteiger partial charge in [0.05, 0.1) is 15.6 Å². The van der Waals surface area contributed by atoms with Crippen LogP contribution in [0.4, 0.5) is 0 Å². The maximum atomic E-state index is 12.6. The summed E-state index contributed by atoms with van der Waals surface area (Å²) in [5.74, 6) is -0.0738. The van der Waals surface area contributed by atoms with Crippen molar-refractivity contribution in [1.29, 1.82) is 0 Å². The van der Waals surface area contributed by atoms with Gasteiger partial charge in [-0.15, -0.1) is 0 Å². The van der Waals surface area contributed by atoms with Crippen LogP contribution in [0, 0.1) is 0 Å². The lowest BCUT2D eigenvalue weighted by atomic mass is 10.1. The Morgan fingerprint density at radius 2 is 1.79 bits per heavy atom. The number of amides is 1. The fourth-order valence-electron chi connectivity index (χ4n) is 2.71. The molecule has 1 fully saturated rings. The van der Waals surface area contributed by atoms with E-state index in [1.165, 1.54) is 0 Å². The highest BCUT2D eigenvalue weighted by molar-refractivity contribution is 6.43. The normalized spacial score (nSPS) is 15.5. The molecular weight excluding hydrogens is 369 g/mol. The number of pyridine rings is 1. The molecule has 0 aliphatic carbocycles. The molecule has 7 heteroatoms. The van der Waals surface area contributed by atoms with E-state index in [1.54, 1.807) is 30.5 Å². The van der Waals surface area contributed by atoms with Crippen molar-refractivity contribution >= 4 is 40.7 Å². The van der Waals surface area contributed by atoms with E-state index in [0.717, 1.165) is 25.2 Å². The highest BCUT2D eigenvalue weighted by Crippen LogP contribution is 2.26. The van der Waals surface area contributed by atoms with E-state index in [1.807, 2.05) is 11.0 Å². The first-order chi connectivity index (χ1) is 11.5. The Hall–Kier alpha value is -1.33. The van der Waals surface area contributed by atoms with Crippen molar-refractivity contribution < 1.29 is 4.79 Å². The maximum Gasteiger partial charge on any atom is 0.255 e. The molecule has 2 heterocycles. The Morgan fingerprint density at radius 3 is 2.46 bits per heavy atom. The first kappa shape index (κ1) is 17.5. The first-order valence-electron chi connectivity index (χ1n) is 7.60. The number of halogens is 3. The lowest BCUT2D eigenvalue weighted by Crippen LogP contribution is -2.48. The molecule has 0 saturated carbocycles. The minimum Gasteiger partial charge on any atom is -0.336 e. The number of carbonyl (C=O) groups is 1. The molecule has 4 nitrogen and oxygen atoms in total. The van der Waals surface area contributed by atoms with Crippen LogP contribution in [0.25, 0.3) is 0 Å². The minimum absolute atomic E-state index is 0.0738. The van der Waals surface area contributed by atoms with Gasteiger partial charge in [0, 0.05) is 38.9 Å². The zero-order chi connectivity index (χ0) is 17.1. The van der Waals surface area contributed by atoms with Crippen molar-refractivity contribution in [2.45, 2.75) is 6.54 Å². The van der Waals surface area contributed by atoms with Crippen LogP contribution in [0.15, 0.2) is 36.5 Å². The third-order valence-corrected chi connectivity index (χ3v) is 5.08. The Balaban J connectivity index is 1.59. The summed E-state index contributed by atoms with van der Waals surface area (Å²) in [4.78, 5) is 20.8. The van der Waals surface area contributed by atoms with E-state index in [-0.39, 0.29) is 5.91 Å². The van der Waals surface area contributed by atoms with E-state index in [2.05, 4.69) is 9.88 Å². The second-order valence-corrected chi connectivity index (χ2v) is 6.83. The molecule has 1 aliphatic heterocycles. The number of hydrogen-bond acceptors (Lipinski definition) is 3. The predicted molar refractivity (Wildman–Crippen MR) is 96.9 cm³/mol. The summed E-state index contributed by atoms with van der Waals surface area (Å²) in [5, 5.41) is 1.21. The quantitative estimate of drug-likeness (QED) is 0.751. The molecule has 2 aromatic rings. The molecular formula is C17H16Cl3N3O. The van der Waals surface area contributed by atoms with E-state index in [9.17, 15) is 4.79 Å². The monoisotopic (exact) mass is 383 g/mol. The van der Waals surface area contributed by atoms with Crippen molar-refractivity contribution in [1.82, 2.24) is 14.8 Å². The van der Waals surface area contributed by atoms with Gasteiger partial charge in [0.2, 0.25) is 0 Å². The van der Waals surface area contributed by atoms with E-state index in [0.29, 0.717) is 33.9 Å². The van der Waals surface area contributed by atoms with Gasteiger partial charge in [-0.05, 0) is 23.8 Å². The number of carbonyl (C=O) groups excluding carboxylic acids is 1. The summed E-state index contributed by atoms with van der Waals surface area (Å²) in [6.07, 6.45) is 1.78. The van der Waals surface area contributed by atoms with Gasteiger partial charge in [-0.1, -0.05) is 46.9 Å². The zero-order valence-corrected chi connectivity index (χ0v) is 15.2. The number of hydrogen-bond donors (Lipinski definition) is 0. The highest BCUT2D eigenvalue weighted by atomic mass is 35.5. The number of piperazine rings is 1. The van der Waals surface area contributed by atoms with Gasteiger partial charge in [0.25, 0.3) is 5.91 Å². The third kappa shape index (κ3) is 4.01. The standard InChI is InChI=1S/C17H16Cl3N3O/c18-14-3-1-2-13(16(14)20)17(24)23-8-6-22(7-9-23)11-12-4-5-15(19)21-10-12/h1-5,10H,6-9,11H2. The van der Waals surface area contributed by atoms with Crippen molar-refractivity contribution in [3.05, 3.63) is 62.9 Å². The molecule has 0 spiro atoms. The summed E-state index contributed by atoms with van der Waals surface area (Å²) < 4.78 is 0. The summed E-state index contributed by atoms with van der Waals surface area (Å²) in [6.45, 7) is 3.70. The Morgan fingerprint density at radius 1 is 1.04 bits per heavy atom. The molecule has 1 saturated heterocycles. The van der Waals surface area contributed by atoms with Crippen LogP contribution >= 0.6 is 34.8 Å². The molecule has 0 bridgehead atoms. The van der Waals surface area contributed by atoms with Gasteiger partial charge in [0.1, 0.15) is 5.15 Å². The smallest absolute Gasteiger partial charge is 0.255 e. The number of benzene rings is 1. The molecule has 0 atom stereocenters. The summed E-state index contributed by atoms with van der Waals surface area (Å²) in [6, 6.07) is 8.89. The zero-order valence-electron chi connectivity index (χ0n) is 12.9. The Bertz CT molecular complexity index is 728. The Kier molecular flexibility index (Phi) is 5.61. The lowest BCUT2D eigenvalue weighted by Gasteiger charge is -2.35. The SMILES string of the molecule is O=C(c1cccc(Cl)c1Cl)N1CCN(Cc2ccc(Cl)nc2)CC1. The van der Waals surface area contributed by atoms with E-state index in [4.69, 9.17) is 34.8 Å². The third-order valence-electron chi connectivity index (χ3n) is 4.04. The molecule has 0 N–H and O–H groups in total. The minimum atomic E-state index is -0.0738. The fraction of sp³-hybridized carbons (Fsp3) is 0.294. The molecule has 0 radical (unpaired) electrons. The molecule has 0 unspecified atom stereocenters. The van der Waals surface area contributed by atoms with Crippen LogP contribution in [0.1, 0.15) is 15.9 Å². The van der Waals surface area contributed by atoms with Crippen LogP contribution in [0.2, 0.25) is 15.2 Å². The predicted octanol–water partition coefficient (Wildman–Crippen LogP) is 4.00. The van der Waals surface area contributed by atoms with E-state index < -0.39 is 0 Å². The van der Waals surface area contributed by atoms with Crippen LogP contribution < -0.4 is 0 Å². The van der Waals surface area contributed by atoms with Crippen LogP contribution in [0.5, 0.6) is 0 Å². The average Bonchev–Trinajstić information content (AvgIpc) is 2.59. The largest absolute Gasteiger partial charge is 0.336 e. The number of rotatable bonds is 3. The Labute approximate surface area is 155 Å². The van der Waals surface area contributed by atoms with Crippen molar-refractivity contribution in [2.75, 3.05) is 26.2 Å². The van der Waals surface area contributed by atoms with Crippen molar-refractivity contribution in [3.8, 4) is 0 Å². The topological polar surface area (TPSA) is 36.4 Å². The highest BCUT2D eigenvalue weighted by Gasteiger charge is 2.24. The van der Waals surface area contributed by atoms with Gasteiger partial charge in [-0.25, -0.2) is 4.98 Å². The van der Waals surface area contributed by atoms with Crippen molar-refractivity contribution in [2.24, 2.45) is 0 Å². The van der Waals surface area contributed by atoms with Gasteiger partial charge >= 0.3 is 0 Å². The number of nitrogens with zero attached hydrogens (tertiary/aromatic N) is 3. The van der Waals surface area contributed by atoms with E-state index >= 15 is 0 Å². The average molecular weight is 385 g/mol. The molecule has 1 aromatic heterocycles. The molecule has 3 rings (SSSR count). The fourth-order valence-corrected chi connectivity index (χ4v) is 3.20. The summed E-state index contributed by atoms with van der Waals surface area (Å²) >= 11 is 17.9. The molecule has 1 amide bonds. The molecule has 1 aromatic carbocycles. The van der Waals surface area contributed by atoms with Gasteiger partial charge in [-0.3, -0.25) is 9.69 Å². The van der Waals surface area contributed by atoms with Gasteiger partial charge in [0.15, 0.2) is 0 Å². The molecule has 1 aliphatic rings. The summed E-state index contributed by atoms with van der Waals surface area (Å²) in [7, 11) is 0. The maximum absolute atomic E-state index is 12.6. The first-order valence-corrected chi connectivity index (χ1v) is 8.74. The molecule has 24 heavy (non-hydrogen) atoms. The van der Waals surface area contributed by atoms with Gasteiger partial charge < -0.3 is 4.90 Å². The second kappa shape index (κ2) is 7.70. The van der Waals surface area contributed by atoms with Crippen LogP contribution in [-0.4, -0.2) is 46.9 Å². The number of aromatic nitrogens is 1. The molecule has 126 valence electrons. The lowest BCUT2D eigenvalue weighted by molar-refractivity contribution is 0.0628. The van der Waals surface area contributed by atoms with Gasteiger partial charge in [-0.2, -0.15) is 0 Å².